The molecule has 38 heavy (non-hydrogen) atoms. The molecule has 1 saturated carbocycles. The van der Waals surface area contributed by atoms with Crippen molar-refractivity contribution in [2.75, 3.05) is 6.26 Å². The van der Waals surface area contributed by atoms with Gasteiger partial charge >= 0.3 is 5.97 Å². The van der Waals surface area contributed by atoms with Crippen molar-refractivity contribution in [1.29, 1.82) is 0 Å². The normalized spacial score (nSPS) is 18.4. The molecule has 0 aliphatic heterocycles. The Balaban J connectivity index is 1.53. The molecule has 1 aromatic carbocycles. The van der Waals surface area contributed by atoms with Gasteiger partial charge in [-0.3, -0.25) is 14.4 Å². The Morgan fingerprint density at radius 1 is 1.18 bits per heavy atom. The van der Waals surface area contributed by atoms with Gasteiger partial charge in [0.2, 0.25) is 0 Å². The zero-order chi connectivity index (χ0) is 27.4. The molecule has 204 valence electrons. The van der Waals surface area contributed by atoms with Gasteiger partial charge in [-0.05, 0) is 76.7 Å². The Morgan fingerprint density at radius 2 is 1.89 bits per heavy atom. The summed E-state index contributed by atoms with van der Waals surface area (Å²) in [6.45, 7) is 6.31. The van der Waals surface area contributed by atoms with Crippen molar-refractivity contribution in [3.8, 4) is 0 Å². The van der Waals surface area contributed by atoms with Crippen molar-refractivity contribution in [1.82, 2.24) is 14.9 Å². The molecule has 1 amide bonds. The van der Waals surface area contributed by atoms with Crippen LogP contribution in [-0.4, -0.2) is 32.8 Å². The number of thioether (sulfide) groups is 1. The van der Waals surface area contributed by atoms with Crippen molar-refractivity contribution >= 4 is 34.5 Å². The third kappa shape index (κ3) is 6.01. The number of aromatic amines is 1. The Bertz CT molecular complexity index is 1370. The minimum atomic E-state index is -0.711. The summed E-state index contributed by atoms with van der Waals surface area (Å²) in [5.41, 5.74) is 3.89. The largest absolute Gasteiger partial charge is 0.481 e. The summed E-state index contributed by atoms with van der Waals surface area (Å²) in [4.78, 5) is 40.7. The van der Waals surface area contributed by atoms with Crippen LogP contribution in [0.1, 0.15) is 85.2 Å². The molecular weight excluding hydrogens is 498 g/mol. The van der Waals surface area contributed by atoms with E-state index in [0.717, 1.165) is 65.7 Å². The fourth-order valence-corrected chi connectivity index (χ4v) is 6.91. The van der Waals surface area contributed by atoms with Crippen molar-refractivity contribution in [3.05, 3.63) is 63.2 Å². The Kier molecular flexibility index (Phi) is 9.03. The predicted molar refractivity (Wildman–Crippen MR) is 153 cm³/mol. The molecule has 0 saturated heterocycles. The molecular formula is C30H39N3O4S. The predicted octanol–water partition coefficient (Wildman–Crippen LogP) is 6.22. The second kappa shape index (κ2) is 12.2. The van der Waals surface area contributed by atoms with Crippen molar-refractivity contribution in [2.24, 2.45) is 11.8 Å². The van der Waals surface area contributed by atoms with E-state index in [9.17, 15) is 14.4 Å². The SMILES string of the molecule is CSc1cc(C)[nH]c(=O)c1CNC(=O)c1c(C)n([C@H](C)C2CCC(CCCC(=O)O)CC2)c2ccccc12. The number of hydrogen-bond acceptors (Lipinski definition) is 4. The number of carboxylic acids is 1. The first-order valence-corrected chi connectivity index (χ1v) is 14.8. The number of nitrogens with zero attached hydrogens (tertiary/aromatic N) is 1. The topological polar surface area (TPSA) is 104 Å². The van der Waals surface area contributed by atoms with Gasteiger partial charge in [0.15, 0.2) is 0 Å². The molecule has 2 aromatic heterocycles. The van der Waals surface area contributed by atoms with Gasteiger partial charge in [-0.1, -0.05) is 31.0 Å². The number of benzene rings is 1. The average Bonchev–Trinajstić information content (AvgIpc) is 3.19. The summed E-state index contributed by atoms with van der Waals surface area (Å²) in [5, 5.41) is 12.9. The first-order valence-electron chi connectivity index (χ1n) is 13.6. The van der Waals surface area contributed by atoms with Gasteiger partial charge in [0.1, 0.15) is 0 Å². The fraction of sp³-hybridized carbons (Fsp3) is 0.500. The molecule has 0 spiro atoms. The summed E-state index contributed by atoms with van der Waals surface area (Å²) in [5.74, 6) is 0.237. The van der Waals surface area contributed by atoms with Gasteiger partial charge in [-0.2, -0.15) is 0 Å². The molecule has 3 aromatic rings. The van der Waals surface area contributed by atoms with Crippen LogP contribution in [0.2, 0.25) is 0 Å². The van der Waals surface area contributed by atoms with Crippen LogP contribution < -0.4 is 10.9 Å². The van der Waals surface area contributed by atoms with Crippen LogP contribution in [0.4, 0.5) is 0 Å². The van der Waals surface area contributed by atoms with Gasteiger partial charge < -0.3 is 20.0 Å². The second-order valence-electron chi connectivity index (χ2n) is 10.7. The number of fused-ring (bicyclic) bond motifs is 1. The van der Waals surface area contributed by atoms with Crippen LogP contribution >= 0.6 is 11.8 Å². The number of H-pyrrole nitrogens is 1. The van der Waals surface area contributed by atoms with Crippen LogP contribution in [0.5, 0.6) is 0 Å². The van der Waals surface area contributed by atoms with Crippen molar-refractivity contribution in [2.45, 2.75) is 83.2 Å². The molecule has 8 heteroatoms. The number of nitrogens with one attached hydrogen (secondary N) is 2. The van der Waals surface area contributed by atoms with Gasteiger partial charge in [0.25, 0.3) is 11.5 Å². The molecule has 0 bridgehead atoms. The lowest BCUT2D eigenvalue weighted by molar-refractivity contribution is -0.137. The van der Waals surface area contributed by atoms with E-state index in [1.54, 1.807) is 0 Å². The van der Waals surface area contributed by atoms with Gasteiger partial charge in [-0.15, -0.1) is 11.8 Å². The molecule has 1 aliphatic carbocycles. The van der Waals surface area contributed by atoms with Crippen molar-refractivity contribution < 1.29 is 14.7 Å². The number of aryl methyl sites for hydroxylation is 1. The Hall–Kier alpha value is -3.00. The number of amides is 1. The lowest BCUT2D eigenvalue weighted by Crippen LogP contribution is -2.28. The van der Waals surface area contributed by atoms with E-state index in [-0.39, 0.29) is 30.5 Å². The lowest BCUT2D eigenvalue weighted by Gasteiger charge is -2.34. The van der Waals surface area contributed by atoms with Gasteiger partial charge in [0, 0.05) is 51.8 Å². The maximum absolute atomic E-state index is 13.5. The van der Waals surface area contributed by atoms with Crippen LogP contribution in [0.15, 0.2) is 40.0 Å². The summed E-state index contributed by atoms with van der Waals surface area (Å²) in [6, 6.07) is 10.3. The van der Waals surface area contributed by atoms with E-state index in [1.165, 1.54) is 11.8 Å². The maximum Gasteiger partial charge on any atom is 0.303 e. The van der Waals surface area contributed by atoms with E-state index >= 15 is 0 Å². The van der Waals surface area contributed by atoms with Crippen LogP contribution in [-0.2, 0) is 11.3 Å². The zero-order valence-corrected chi connectivity index (χ0v) is 23.6. The molecule has 1 aliphatic rings. The van der Waals surface area contributed by atoms with Crippen LogP contribution in [0.25, 0.3) is 10.9 Å². The first kappa shape index (κ1) is 28.0. The quantitative estimate of drug-likeness (QED) is 0.266. The van der Waals surface area contributed by atoms with Gasteiger partial charge in [-0.25, -0.2) is 0 Å². The Labute approximate surface area is 228 Å². The van der Waals surface area contributed by atoms with E-state index in [0.29, 0.717) is 23.0 Å². The molecule has 2 heterocycles. The van der Waals surface area contributed by atoms with E-state index < -0.39 is 5.97 Å². The van der Waals surface area contributed by atoms with Gasteiger partial charge in [0.05, 0.1) is 5.56 Å². The van der Waals surface area contributed by atoms with E-state index in [2.05, 4.69) is 27.9 Å². The molecule has 3 N–H and O–H groups in total. The standard InChI is InChI=1S/C30H39N3O4S/c1-18-16-26(38-4)24(29(36)32-18)17-31-30(37)28-20(3)33(25-10-6-5-9-23(25)28)19(2)22-14-12-21(13-15-22)8-7-11-27(34)35/h5-6,9-10,16,19,21-22H,7-8,11-15,17H2,1-4H3,(H,31,37)(H,32,36)(H,34,35)/t19-,21?,22?/m1/s1. The third-order valence-electron chi connectivity index (χ3n) is 8.24. The number of pyridine rings is 1. The lowest BCUT2D eigenvalue weighted by atomic mass is 9.77. The fourth-order valence-electron chi connectivity index (χ4n) is 6.21. The minimum absolute atomic E-state index is 0.166. The smallest absolute Gasteiger partial charge is 0.303 e. The van der Waals surface area contributed by atoms with Crippen molar-refractivity contribution in [3.63, 3.8) is 0 Å². The van der Waals surface area contributed by atoms with E-state index in [1.807, 2.05) is 44.4 Å². The molecule has 1 fully saturated rings. The number of aliphatic carboxylic acids is 1. The molecule has 4 rings (SSSR count). The number of carboxylic acid groups (broad SMARTS) is 1. The summed E-state index contributed by atoms with van der Waals surface area (Å²) >= 11 is 1.50. The molecule has 0 radical (unpaired) electrons. The van der Waals surface area contributed by atoms with E-state index in [4.69, 9.17) is 5.11 Å². The zero-order valence-electron chi connectivity index (χ0n) is 22.8. The second-order valence-corrected chi connectivity index (χ2v) is 11.5. The number of hydrogen-bond donors (Lipinski definition) is 3. The van der Waals surface area contributed by atoms with Crippen LogP contribution in [0.3, 0.4) is 0 Å². The molecule has 0 unspecified atom stereocenters. The highest BCUT2D eigenvalue weighted by atomic mass is 32.2. The Morgan fingerprint density at radius 3 is 2.58 bits per heavy atom. The average molecular weight is 538 g/mol. The highest BCUT2D eigenvalue weighted by Crippen LogP contribution is 2.40. The maximum atomic E-state index is 13.5. The minimum Gasteiger partial charge on any atom is -0.481 e. The highest BCUT2D eigenvalue weighted by Gasteiger charge is 2.30. The number of carbonyl (C=O) groups is 2. The third-order valence-corrected chi connectivity index (χ3v) is 9.05. The number of rotatable bonds is 10. The number of aromatic nitrogens is 2. The number of para-hydroxylation sites is 1. The summed E-state index contributed by atoms with van der Waals surface area (Å²) < 4.78 is 2.33. The number of carbonyl (C=O) groups excluding carboxylic acids is 1. The molecule has 1 atom stereocenters. The summed E-state index contributed by atoms with van der Waals surface area (Å²) in [6.07, 6.45) is 8.42. The summed E-state index contributed by atoms with van der Waals surface area (Å²) in [7, 11) is 0. The highest BCUT2D eigenvalue weighted by molar-refractivity contribution is 7.98. The first-order chi connectivity index (χ1) is 18.2. The monoisotopic (exact) mass is 537 g/mol. The van der Waals surface area contributed by atoms with Crippen LogP contribution in [0, 0.1) is 25.7 Å². The molecule has 7 nitrogen and oxygen atoms in total.